The second-order valence-corrected chi connectivity index (χ2v) is 6.38. The first-order valence-corrected chi connectivity index (χ1v) is 7.17. The summed E-state index contributed by atoms with van der Waals surface area (Å²) >= 11 is 0. The SMILES string of the molecule is CS(=O)(=O)CCNC(=O)C1CCCC1N. The summed E-state index contributed by atoms with van der Waals surface area (Å²) in [6.45, 7) is 0.181. The predicted molar refractivity (Wildman–Crippen MR) is 58.0 cm³/mol. The van der Waals surface area contributed by atoms with E-state index in [2.05, 4.69) is 5.32 Å². The molecule has 88 valence electrons. The summed E-state index contributed by atoms with van der Waals surface area (Å²) in [4.78, 5) is 11.6. The normalized spacial score (nSPS) is 26.5. The molecule has 0 bridgehead atoms. The Hall–Kier alpha value is -0.620. The van der Waals surface area contributed by atoms with Gasteiger partial charge in [0.15, 0.2) is 0 Å². The fraction of sp³-hybridized carbons (Fsp3) is 0.889. The standard InChI is InChI=1S/C9H18N2O3S/c1-15(13,14)6-5-11-9(12)7-3-2-4-8(7)10/h7-8H,2-6,10H2,1H3,(H,11,12). The van der Waals surface area contributed by atoms with Crippen molar-refractivity contribution in [2.75, 3.05) is 18.6 Å². The zero-order valence-electron chi connectivity index (χ0n) is 8.90. The minimum absolute atomic E-state index is 0.0132. The number of hydrogen-bond donors (Lipinski definition) is 2. The summed E-state index contributed by atoms with van der Waals surface area (Å²) in [6.07, 6.45) is 3.82. The molecule has 2 unspecified atom stereocenters. The smallest absolute Gasteiger partial charge is 0.224 e. The number of carbonyl (C=O) groups is 1. The first-order valence-electron chi connectivity index (χ1n) is 5.11. The third-order valence-electron chi connectivity index (χ3n) is 2.68. The Kier molecular flexibility index (Phi) is 4.10. The first-order chi connectivity index (χ1) is 6.90. The Morgan fingerprint density at radius 1 is 1.47 bits per heavy atom. The molecule has 0 saturated heterocycles. The van der Waals surface area contributed by atoms with E-state index in [-0.39, 0.29) is 30.2 Å². The van der Waals surface area contributed by atoms with Gasteiger partial charge in [-0.25, -0.2) is 8.42 Å². The van der Waals surface area contributed by atoms with Gasteiger partial charge in [0.05, 0.1) is 11.7 Å². The zero-order valence-corrected chi connectivity index (χ0v) is 9.72. The third-order valence-corrected chi connectivity index (χ3v) is 3.62. The fourth-order valence-corrected chi connectivity index (χ4v) is 2.28. The van der Waals surface area contributed by atoms with Crippen LogP contribution in [-0.2, 0) is 14.6 Å². The summed E-state index contributed by atoms with van der Waals surface area (Å²) in [5.74, 6) is -0.256. The van der Waals surface area contributed by atoms with Gasteiger partial charge >= 0.3 is 0 Å². The molecular weight excluding hydrogens is 216 g/mol. The second kappa shape index (κ2) is 4.94. The summed E-state index contributed by atoms with van der Waals surface area (Å²) in [5.41, 5.74) is 5.76. The number of carbonyl (C=O) groups excluding carboxylic acids is 1. The van der Waals surface area contributed by atoms with Gasteiger partial charge in [-0.15, -0.1) is 0 Å². The molecule has 1 aliphatic carbocycles. The topological polar surface area (TPSA) is 89.3 Å². The lowest BCUT2D eigenvalue weighted by atomic mass is 10.0. The molecule has 6 heteroatoms. The van der Waals surface area contributed by atoms with E-state index in [1.807, 2.05) is 0 Å². The minimum Gasteiger partial charge on any atom is -0.355 e. The maximum atomic E-state index is 11.6. The molecule has 0 aliphatic heterocycles. The number of amides is 1. The van der Waals surface area contributed by atoms with Gasteiger partial charge in [0, 0.05) is 18.8 Å². The molecule has 1 aliphatic rings. The lowest BCUT2D eigenvalue weighted by molar-refractivity contribution is -0.125. The summed E-state index contributed by atoms with van der Waals surface area (Å²) in [6, 6.07) is -0.0665. The number of nitrogens with two attached hydrogens (primary N) is 1. The van der Waals surface area contributed by atoms with E-state index in [0.29, 0.717) is 0 Å². The molecule has 0 aromatic carbocycles. The monoisotopic (exact) mass is 234 g/mol. The largest absolute Gasteiger partial charge is 0.355 e. The molecule has 1 amide bonds. The maximum absolute atomic E-state index is 11.6. The second-order valence-electron chi connectivity index (χ2n) is 4.12. The van der Waals surface area contributed by atoms with Crippen LogP contribution >= 0.6 is 0 Å². The lowest BCUT2D eigenvalue weighted by Crippen LogP contribution is -2.40. The van der Waals surface area contributed by atoms with Gasteiger partial charge in [-0.2, -0.15) is 0 Å². The highest BCUT2D eigenvalue weighted by atomic mass is 32.2. The van der Waals surface area contributed by atoms with Crippen LogP contribution in [0.15, 0.2) is 0 Å². The Bertz CT molecular complexity index is 326. The van der Waals surface area contributed by atoms with Crippen molar-refractivity contribution in [1.29, 1.82) is 0 Å². The van der Waals surface area contributed by atoms with Gasteiger partial charge < -0.3 is 11.1 Å². The quantitative estimate of drug-likeness (QED) is 0.671. The molecule has 0 aromatic rings. The van der Waals surface area contributed by atoms with Crippen molar-refractivity contribution in [3.63, 3.8) is 0 Å². The summed E-state index contributed by atoms with van der Waals surface area (Å²) < 4.78 is 21.6. The predicted octanol–water partition coefficient (Wildman–Crippen LogP) is -0.725. The van der Waals surface area contributed by atoms with Gasteiger partial charge in [-0.3, -0.25) is 4.79 Å². The van der Waals surface area contributed by atoms with Crippen LogP contribution in [0, 0.1) is 5.92 Å². The van der Waals surface area contributed by atoms with Gasteiger partial charge in [0.1, 0.15) is 9.84 Å². The van der Waals surface area contributed by atoms with Crippen molar-refractivity contribution in [3.8, 4) is 0 Å². The zero-order chi connectivity index (χ0) is 11.5. The van der Waals surface area contributed by atoms with Crippen molar-refractivity contribution >= 4 is 15.7 Å². The molecule has 5 nitrogen and oxygen atoms in total. The van der Waals surface area contributed by atoms with Crippen LogP contribution in [-0.4, -0.2) is 38.9 Å². The number of rotatable bonds is 4. The van der Waals surface area contributed by atoms with Crippen molar-refractivity contribution in [1.82, 2.24) is 5.32 Å². The highest BCUT2D eigenvalue weighted by Crippen LogP contribution is 2.23. The van der Waals surface area contributed by atoms with E-state index in [4.69, 9.17) is 5.73 Å². The Labute approximate surface area is 90.3 Å². The van der Waals surface area contributed by atoms with Crippen molar-refractivity contribution < 1.29 is 13.2 Å². The van der Waals surface area contributed by atoms with E-state index in [1.165, 1.54) is 0 Å². The average Bonchev–Trinajstić information content (AvgIpc) is 2.48. The summed E-state index contributed by atoms with van der Waals surface area (Å²) in [5, 5.41) is 2.61. The average molecular weight is 234 g/mol. The van der Waals surface area contributed by atoms with Crippen LogP contribution in [0.3, 0.4) is 0 Å². The van der Waals surface area contributed by atoms with Crippen molar-refractivity contribution in [2.24, 2.45) is 11.7 Å². The highest BCUT2D eigenvalue weighted by Gasteiger charge is 2.29. The Morgan fingerprint density at radius 3 is 2.60 bits per heavy atom. The van der Waals surface area contributed by atoms with Crippen LogP contribution in [0.25, 0.3) is 0 Å². The Morgan fingerprint density at radius 2 is 2.13 bits per heavy atom. The maximum Gasteiger partial charge on any atom is 0.224 e. The molecule has 0 aromatic heterocycles. The van der Waals surface area contributed by atoms with E-state index < -0.39 is 9.84 Å². The van der Waals surface area contributed by atoms with Crippen LogP contribution < -0.4 is 11.1 Å². The molecule has 15 heavy (non-hydrogen) atoms. The van der Waals surface area contributed by atoms with Crippen molar-refractivity contribution in [3.05, 3.63) is 0 Å². The van der Waals surface area contributed by atoms with Gasteiger partial charge in [0.2, 0.25) is 5.91 Å². The van der Waals surface area contributed by atoms with E-state index in [0.717, 1.165) is 25.5 Å². The van der Waals surface area contributed by atoms with Crippen LogP contribution in [0.5, 0.6) is 0 Å². The Balaban J connectivity index is 2.30. The van der Waals surface area contributed by atoms with E-state index in [9.17, 15) is 13.2 Å². The molecule has 0 radical (unpaired) electrons. The van der Waals surface area contributed by atoms with Crippen LogP contribution in [0.1, 0.15) is 19.3 Å². The molecule has 2 atom stereocenters. The molecule has 1 rings (SSSR count). The molecule has 1 saturated carbocycles. The number of sulfone groups is 1. The fourth-order valence-electron chi connectivity index (χ4n) is 1.80. The minimum atomic E-state index is -3.00. The van der Waals surface area contributed by atoms with Crippen LogP contribution in [0.2, 0.25) is 0 Å². The highest BCUT2D eigenvalue weighted by molar-refractivity contribution is 7.90. The molecule has 1 fully saturated rings. The first kappa shape index (κ1) is 12.4. The van der Waals surface area contributed by atoms with E-state index in [1.54, 1.807) is 0 Å². The molecule has 0 heterocycles. The van der Waals surface area contributed by atoms with Crippen molar-refractivity contribution in [2.45, 2.75) is 25.3 Å². The number of hydrogen-bond acceptors (Lipinski definition) is 4. The number of nitrogens with one attached hydrogen (secondary N) is 1. The lowest BCUT2D eigenvalue weighted by Gasteiger charge is -2.14. The van der Waals surface area contributed by atoms with Crippen LogP contribution in [0.4, 0.5) is 0 Å². The third kappa shape index (κ3) is 4.17. The molecular formula is C9H18N2O3S. The van der Waals surface area contributed by atoms with Gasteiger partial charge in [0.25, 0.3) is 0 Å². The summed E-state index contributed by atoms with van der Waals surface area (Å²) in [7, 11) is -3.00. The van der Waals surface area contributed by atoms with Gasteiger partial charge in [-0.1, -0.05) is 6.42 Å². The molecule has 0 spiro atoms. The van der Waals surface area contributed by atoms with Gasteiger partial charge in [-0.05, 0) is 12.8 Å². The molecule has 3 N–H and O–H groups in total. The van der Waals surface area contributed by atoms with E-state index >= 15 is 0 Å².